The summed E-state index contributed by atoms with van der Waals surface area (Å²) < 4.78 is 16.8. The lowest BCUT2D eigenvalue weighted by Crippen LogP contribution is -2.33. The van der Waals surface area contributed by atoms with Crippen molar-refractivity contribution in [3.63, 3.8) is 0 Å². The first-order valence-electron chi connectivity index (χ1n) is 9.28. The smallest absolute Gasteiger partial charge is 0.421 e. The van der Waals surface area contributed by atoms with E-state index in [9.17, 15) is 9.59 Å². The van der Waals surface area contributed by atoms with E-state index in [1.807, 2.05) is 26.4 Å². The Labute approximate surface area is 175 Å². The van der Waals surface area contributed by atoms with Gasteiger partial charge in [-0.15, -0.1) is 0 Å². The minimum absolute atomic E-state index is 0.479. The Morgan fingerprint density at radius 2 is 2.03 bits per heavy atom. The summed E-state index contributed by atoms with van der Waals surface area (Å²) in [7, 11) is 5.59. The van der Waals surface area contributed by atoms with Gasteiger partial charge in [0.1, 0.15) is 11.8 Å². The first kappa shape index (κ1) is 23.1. The summed E-state index contributed by atoms with van der Waals surface area (Å²) in [4.78, 5) is 26.5. The van der Waals surface area contributed by atoms with Crippen LogP contribution in [-0.2, 0) is 20.7 Å². The molecule has 0 saturated heterocycles. The van der Waals surface area contributed by atoms with E-state index in [0.717, 1.165) is 29.7 Å². The van der Waals surface area contributed by atoms with Gasteiger partial charge in [-0.1, -0.05) is 0 Å². The average molecular weight is 424 g/mol. The quantitative estimate of drug-likeness (QED) is 0.459. The molecule has 0 radical (unpaired) electrons. The predicted octanol–water partition coefficient (Wildman–Crippen LogP) is 2.32. The van der Waals surface area contributed by atoms with Crippen LogP contribution in [0.2, 0.25) is 0 Å². The van der Waals surface area contributed by atoms with Gasteiger partial charge in [0.05, 0.1) is 12.6 Å². The van der Waals surface area contributed by atoms with Crippen LogP contribution in [0.25, 0.3) is 10.9 Å². The number of rotatable bonds is 10. The van der Waals surface area contributed by atoms with Gasteiger partial charge < -0.3 is 24.8 Å². The third-order valence-corrected chi connectivity index (χ3v) is 5.08. The second kappa shape index (κ2) is 11.1. The highest BCUT2D eigenvalue weighted by Crippen LogP contribution is 2.27. The molecule has 1 aromatic heterocycles. The molecule has 1 heterocycles. The molecular weight excluding hydrogens is 394 g/mol. The monoisotopic (exact) mass is 423 g/mol. The Hall–Kier alpha value is -2.23. The molecule has 0 aliphatic heterocycles. The summed E-state index contributed by atoms with van der Waals surface area (Å²) in [5.41, 5.74) is 7.45. The Kier molecular flexibility index (Phi) is 8.81. The summed E-state index contributed by atoms with van der Waals surface area (Å²) in [6.07, 6.45) is 4.33. The van der Waals surface area contributed by atoms with E-state index < -0.39 is 24.9 Å². The Bertz CT molecular complexity index is 837. The number of nitrogens with two attached hydrogens (primary N) is 1. The standard InChI is InChI=1S/C20H29N3O5S/c1-22(2)9-7-14-12-23(18-6-5-15(26-3)11-16(14)18)20(25)28-13-27-19(24)17(21)8-10-29-4/h5-6,11-12,17H,7-10,13,21H2,1-4H3. The number of benzene rings is 1. The number of nitrogens with zero attached hydrogens (tertiary/aromatic N) is 2. The number of carbonyl (C=O) groups excluding carboxylic acids is 2. The molecule has 0 aliphatic rings. The summed E-state index contributed by atoms with van der Waals surface area (Å²) in [5, 5.41) is 0.916. The number of carbonyl (C=O) groups is 2. The average Bonchev–Trinajstić information content (AvgIpc) is 3.08. The largest absolute Gasteiger partial charge is 0.497 e. The van der Waals surface area contributed by atoms with Crippen molar-refractivity contribution in [2.45, 2.75) is 18.9 Å². The van der Waals surface area contributed by atoms with E-state index in [-0.39, 0.29) is 0 Å². The van der Waals surface area contributed by atoms with Gasteiger partial charge in [0, 0.05) is 18.1 Å². The molecule has 0 bridgehead atoms. The Morgan fingerprint density at radius 1 is 1.28 bits per heavy atom. The lowest BCUT2D eigenvalue weighted by atomic mass is 10.1. The number of likely N-dealkylation sites (N-methyl/N-ethyl adjacent to an activating group) is 1. The Morgan fingerprint density at radius 3 is 2.69 bits per heavy atom. The molecule has 1 atom stereocenters. The maximum atomic E-state index is 12.6. The molecular formula is C20H29N3O5S. The van der Waals surface area contributed by atoms with Crippen molar-refractivity contribution in [2.24, 2.45) is 5.73 Å². The van der Waals surface area contributed by atoms with Gasteiger partial charge in [0.25, 0.3) is 0 Å². The van der Waals surface area contributed by atoms with Crippen molar-refractivity contribution in [2.75, 3.05) is 46.6 Å². The first-order valence-corrected chi connectivity index (χ1v) is 10.7. The van der Waals surface area contributed by atoms with Crippen molar-refractivity contribution < 1.29 is 23.8 Å². The summed E-state index contributed by atoms with van der Waals surface area (Å²) in [5.74, 6) is 0.883. The van der Waals surface area contributed by atoms with Crippen LogP contribution in [0.15, 0.2) is 24.4 Å². The fraction of sp³-hybridized carbons (Fsp3) is 0.500. The van der Waals surface area contributed by atoms with Crippen LogP contribution in [0.1, 0.15) is 12.0 Å². The second-order valence-electron chi connectivity index (χ2n) is 6.84. The van der Waals surface area contributed by atoms with Crippen molar-refractivity contribution >= 4 is 34.7 Å². The SMILES string of the molecule is COc1ccc2c(c1)c(CCN(C)C)cn2C(=O)OCOC(=O)C(N)CCSC. The molecule has 2 rings (SSSR count). The highest BCUT2D eigenvalue weighted by molar-refractivity contribution is 7.98. The molecule has 160 valence electrons. The molecule has 9 heteroatoms. The molecule has 29 heavy (non-hydrogen) atoms. The van der Waals surface area contributed by atoms with Crippen molar-refractivity contribution in [1.29, 1.82) is 0 Å². The highest BCUT2D eigenvalue weighted by atomic mass is 32.2. The third-order valence-electron chi connectivity index (χ3n) is 4.44. The van der Waals surface area contributed by atoms with Gasteiger partial charge in [0.15, 0.2) is 0 Å². The number of methoxy groups -OCH3 is 1. The molecule has 2 N–H and O–H groups in total. The lowest BCUT2D eigenvalue weighted by molar-refractivity contribution is -0.153. The number of aromatic nitrogens is 1. The summed E-state index contributed by atoms with van der Waals surface area (Å²) >= 11 is 1.60. The number of hydrogen-bond acceptors (Lipinski definition) is 8. The normalized spacial score (nSPS) is 12.2. The van der Waals surface area contributed by atoms with Gasteiger partial charge in [-0.2, -0.15) is 11.8 Å². The maximum absolute atomic E-state index is 12.6. The van der Waals surface area contributed by atoms with Gasteiger partial charge in [-0.25, -0.2) is 4.79 Å². The zero-order valence-corrected chi connectivity index (χ0v) is 18.2. The molecule has 1 aromatic carbocycles. The molecule has 0 amide bonds. The Balaban J connectivity index is 2.09. The number of hydrogen-bond donors (Lipinski definition) is 1. The van der Waals surface area contributed by atoms with Crippen molar-refractivity contribution in [3.05, 3.63) is 30.0 Å². The number of fused-ring (bicyclic) bond motifs is 1. The fourth-order valence-corrected chi connectivity index (χ4v) is 3.27. The molecule has 2 aromatic rings. The first-order chi connectivity index (χ1) is 13.9. The van der Waals surface area contributed by atoms with E-state index >= 15 is 0 Å². The predicted molar refractivity (Wildman–Crippen MR) is 115 cm³/mol. The molecule has 0 aliphatic carbocycles. The highest BCUT2D eigenvalue weighted by Gasteiger charge is 2.18. The van der Waals surface area contributed by atoms with Crippen LogP contribution in [0.3, 0.4) is 0 Å². The van der Waals surface area contributed by atoms with Crippen LogP contribution >= 0.6 is 11.8 Å². The molecule has 0 spiro atoms. The van der Waals surface area contributed by atoms with E-state index in [0.29, 0.717) is 17.7 Å². The van der Waals surface area contributed by atoms with E-state index in [2.05, 4.69) is 4.90 Å². The van der Waals surface area contributed by atoms with Crippen LogP contribution in [0.4, 0.5) is 4.79 Å². The molecule has 0 saturated carbocycles. The van der Waals surface area contributed by atoms with E-state index in [1.54, 1.807) is 37.2 Å². The summed E-state index contributed by atoms with van der Waals surface area (Å²) in [6.45, 7) is 0.352. The minimum atomic E-state index is -0.723. The van der Waals surface area contributed by atoms with E-state index in [4.69, 9.17) is 19.9 Å². The maximum Gasteiger partial charge on any atom is 0.421 e. The van der Waals surface area contributed by atoms with Gasteiger partial charge in [-0.3, -0.25) is 9.36 Å². The zero-order chi connectivity index (χ0) is 21.4. The third kappa shape index (κ3) is 6.38. The van der Waals surface area contributed by atoms with Crippen LogP contribution in [0.5, 0.6) is 5.75 Å². The minimum Gasteiger partial charge on any atom is -0.497 e. The van der Waals surface area contributed by atoms with Crippen LogP contribution in [0, 0.1) is 0 Å². The zero-order valence-electron chi connectivity index (χ0n) is 17.3. The van der Waals surface area contributed by atoms with E-state index in [1.165, 1.54) is 4.57 Å². The van der Waals surface area contributed by atoms with Crippen molar-refractivity contribution in [1.82, 2.24) is 9.47 Å². The molecule has 0 fully saturated rings. The topological polar surface area (TPSA) is 96.0 Å². The lowest BCUT2D eigenvalue weighted by Gasteiger charge is -2.11. The van der Waals surface area contributed by atoms with Gasteiger partial charge in [-0.05, 0) is 62.7 Å². The fourth-order valence-electron chi connectivity index (χ4n) is 2.78. The second-order valence-corrected chi connectivity index (χ2v) is 7.83. The van der Waals surface area contributed by atoms with Crippen molar-refractivity contribution in [3.8, 4) is 5.75 Å². The number of ether oxygens (including phenoxy) is 3. The number of thioether (sulfide) groups is 1. The van der Waals surface area contributed by atoms with Gasteiger partial charge >= 0.3 is 12.1 Å². The van der Waals surface area contributed by atoms with Gasteiger partial charge in [0.2, 0.25) is 6.79 Å². The summed E-state index contributed by atoms with van der Waals surface area (Å²) in [6, 6.07) is 4.76. The van der Waals surface area contributed by atoms with Crippen LogP contribution in [-0.4, -0.2) is 74.1 Å². The molecule has 1 unspecified atom stereocenters. The van der Waals surface area contributed by atoms with Crippen LogP contribution < -0.4 is 10.5 Å². The molecule has 8 nitrogen and oxygen atoms in total. The number of esters is 1.